The van der Waals surface area contributed by atoms with Crippen molar-refractivity contribution in [2.24, 2.45) is 5.41 Å². The van der Waals surface area contributed by atoms with Crippen LogP contribution < -0.4 is 10.1 Å². The number of benzene rings is 2. The zero-order valence-corrected chi connectivity index (χ0v) is 15.9. The van der Waals surface area contributed by atoms with E-state index in [9.17, 15) is 9.59 Å². The molecule has 0 unspecified atom stereocenters. The lowest BCUT2D eigenvalue weighted by atomic mass is 10.0. The van der Waals surface area contributed by atoms with Gasteiger partial charge in [-0.1, -0.05) is 31.5 Å². The van der Waals surface area contributed by atoms with Crippen LogP contribution in [0.15, 0.2) is 54.6 Å². The molecule has 27 heavy (non-hydrogen) atoms. The van der Waals surface area contributed by atoms with Crippen molar-refractivity contribution in [2.45, 2.75) is 32.6 Å². The summed E-state index contributed by atoms with van der Waals surface area (Å²) in [4.78, 5) is 27.1. The topological polar surface area (TPSA) is 58.6 Å². The Balaban J connectivity index is 1.60. The molecule has 0 aliphatic heterocycles. The smallest absolute Gasteiger partial charge is 0.240 e. The van der Waals surface area contributed by atoms with Crippen molar-refractivity contribution in [1.82, 2.24) is 4.90 Å². The number of ether oxygens (including phenoxy) is 1. The van der Waals surface area contributed by atoms with Crippen molar-refractivity contribution in [3.8, 4) is 11.5 Å². The molecule has 3 rings (SSSR count). The van der Waals surface area contributed by atoms with E-state index in [2.05, 4.69) is 12.2 Å². The Bertz CT molecular complexity index is 783. The number of carbonyl (C=O) groups excluding carboxylic acids is 2. The summed E-state index contributed by atoms with van der Waals surface area (Å²) in [5.74, 6) is 1.16. The summed E-state index contributed by atoms with van der Waals surface area (Å²) in [5, 5.41) is 2.89. The molecule has 0 heterocycles. The predicted octanol–water partition coefficient (Wildman–Crippen LogP) is 4.46. The normalized spacial score (nSPS) is 14.3. The van der Waals surface area contributed by atoms with E-state index < -0.39 is 5.41 Å². The van der Waals surface area contributed by atoms with Crippen LogP contribution in [-0.4, -0.2) is 30.3 Å². The summed E-state index contributed by atoms with van der Waals surface area (Å²) in [7, 11) is 1.78. The average molecular weight is 366 g/mol. The molecule has 1 aliphatic rings. The van der Waals surface area contributed by atoms with Crippen molar-refractivity contribution in [3.63, 3.8) is 0 Å². The standard InChI is InChI=1S/C22H26N2O3/c1-3-4-16-24(2)21(26)22(14-15-22)20(25)23-17-10-12-19(13-11-17)27-18-8-6-5-7-9-18/h5-13H,3-4,14-16H2,1-2H3,(H,23,25). The number of unbranched alkanes of at least 4 members (excludes halogenated alkanes) is 1. The summed E-state index contributed by atoms with van der Waals surface area (Å²) in [5.41, 5.74) is -0.225. The minimum absolute atomic E-state index is 0.0718. The van der Waals surface area contributed by atoms with Crippen molar-refractivity contribution in [3.05, 3.63) is 54.6 Å². The lowest BCUT2D eigenvalue weighted by Crippen LogP contribution is -2.41. The van der Waals surface area contributed by atoms with E-state index in [1.165, 1.54) is 0 Å². The molecule has 0 atom stereocenters. The molecular weight excluding hydrogens is 340 g/mol. The van der Waals surface area contributed by atoms with Crippen LogP contribution in [0.1, 0.15) is 32.6 Å². The summed E-state index contributed by atoms with van der Waals surface area (Å²) >= 11 is 0. The van der Waals surface area contributed by atoms with E-state index in [-0.39, 0.29) is 11.8 Å². The van der Waals surface area contributed by atoms with Gasteiger partial charge in [-0.3, -0.25) is 9.59 Å². The van der Waals surface area contributed by atoms with Gasteiger partial charge in [0, 0.05) is 19.3 Å². The van der Waals surface area contributed by atoms with Crippen molar-refractivity contribution in [1.29, 1.82) is 0 Å². The number of carbonyl (C=O) groups is 2. The van der Waals surface area contributed by atoms with E-state index in [4.69, 9.17) is 4.74 Å². The number of nitrogens with one attached hydrogen (secondary N) is 1. The summed E-state index contributed by atoms with van der Waals surface area (Å²) in [6.07, 6.45) is 3.20. The maximum Gasteiger partial charge on any atom is 0.240 e. The van der Waals surface area contributed by atoms with Crippen LogP contribution in [0.5, 0.6) is 11.5 Å². The van der Waals surface area contributed by atoms with Gasteiger partial charge in [-0.15, -0.1) is 0 Å². The zero-order chi connectivity index (χ0) is 19.3. The Morgan fingerprint density at radius 3 is 2.26 bits per heavy atom. The van der Waals surface area contributed by atoms with Crippen LogP contribution in [0.25, 0.3) is 0 Å². The molecule has 1 N–H and O–H groups in total. The van der Waals surface area contributed by atoms with Crippen LogP contribution in [0.3, 0.4) is 0 Å². The second-order valence-electron chi connectivity index (χ2n) is 7.06. The molecule has 1 fully saturated rings. The summed E-state index contributed by atoms with van der Waals surface area (Å²) in [6, 6.07) is 16.7. The van der Waals surface area contributed by atoms with E-state index in [1.54, 1.807) is 36.2 Å². The van der Waals surface area contributed by atoms with Crippen LogP contribution in [0, 0.1) is 5.41 Å². The van der Waals surface area contributed by atoms with Crippen LogP contribution in [0.2, 0.25) is 0 Å². The van der Waals surface area contributed by atoms with Crippen molar-refractivity contribution < 1.29 is 14.3 Å². The third-order valence-corrected chi connectivity index (χ3v) is 4.88. The molecule has 0 spiro atoms. The zero-order valence-electron chi connectivity index (χ0n) is 15.9. The number of hydrogen-bond acceptors (Lipinski definition) is 3. The molecular formula is C22H26N2O3. The molecule has 0 bridgehead atoms. The Morgan fingerprint density at radius 2 is 1.67 bits per heavy atom. The number of hydrogen-bond donors (Lipinski definition) is 1. The van der Waals surface area contributed by atoms with E-state index in [0.717, 1.165) is 18.6 Å². The van der Waals surface area contributed by atoms with E-state index in [1.807, 2.05) is 30.3 Å². The summed E-state index contributed by atoms with van der Waals surface area (Å²) in [6.45, 7) is 2.78. The first kappa shape index (κ1) is 19.0. The van der Waals surface area contributed by atoms with Gasteiger partial charge in [0.15, 0.2) is 0 Å². The van der Waals surface area contributed by atoms with Gasteiger partial charge in [0.1, 0.15) is 16.9 Å². The SMILES string of the molecule is CCCCN(C)C(=O)C1(C(=O)Nc2ccc(Oc3ccccc3)cc2)CC1. The number of anilines is 1. The quantitative estimate of drug-likeness (QED) is 0.702. The molecule has 142 valence electrons. The maximum absolute atomic E-state index is 12.7. The largest absolute Gasteiger partial charge is 0.457 e. The molecule has 2 aromatic carbocycles. The predicted molar refractivity (Wildman–Crippen MR) is 106 cm³/mol. The highest BCUT2D eigenvalue weighted by molar-refractivity contribution is 6.12. The molecule has 5 heteroatoms. The van der Waals surface area contributed by atoms with E-state index in [0.29, 0.717) is 30.8 Å². The van der Waals surface area contributed by atoms with Crippen LogP contribution >= 0.6 is 0 Å². The maximum atomic E-state index is 12.7. The Kier molecular flexibility index (Phi) is 5.79. The Morgan fingerprint density at radius 1 is 1.04 bits per heavy atom. The first-order valence-electron chi connectivity index (χ1n) is 9.45. The first-order valence-corrected chi connectivity index (χ1v) is 9.45. The number of nitrogens with zero attached hydrogens (tertiary/aromatic N) is 1. The second kappa shape index (κ2) is 8.25. The minimum atomic E-state index is -0.887. The highest BCUT2D eigenvalue weighted by Gasteiger charge is 2.57. The number of amides is 2. The van der Waals surface area contributed by atoms with Gasteiger partial charge in [-0.25, -0.2) is 0 Å². The fourth-order valence-corrected chi connectivity index (χ4v) is 3.01. The molecule has 1 aliphatic carbocycles. The van der Waals surface area contributed by atoms with Gasteiger partial charge >= 0.3 is 0 Å². The van der Waals surface area contributed by atoms with Gasteiger partial charge in [-0.05, 0) is 55.7 Å². The molecule has 0 aromatic heterocycles. The molecule has 1 saturated carbocycles. The number of rotatable bonds is 8. The fraction of sp³-hybridized carbons (Fsp3) is 0.364. The Hall–Kier alpha value is -2.82. The molecule has 5 nitrogen and oxygen atoms in total. The molecule has 2 amide bonds. The van der Waals surface area contributed by atoms with Gasteiger partial charge in [0.25, 0.3) is 0 Å². The Labute approximate surface area is 160 Å². The first-order chi connectivity index (χ1) is 13.0. The van der Waals surface area contributed by atoms with Gasteiger partial charge < -0.3 is 15.0 Å². The molecule has 0 saturated heterocycles. The molecule has 2 aromatic rings. The fourth-order valence-electron chi connectivity index (χ4n) is 3.01. The minimum Gasteiger partial charge on any atom is -0.457 e. The summed E-state index contributed by atoms with van der Waals surface area (Å²) < 4.78 is 5.75. The monoisotopic (exact) mass is 366 g/mol. The van der Waals surface area contributed by atoms with Crippen LogP contribution in [0.4, 0.5) is 5.69 Å². The third kappa shape index (κ3) is 4.48. The lowest BCUT2D eigenvalue weighted by Gasteiger charge is -2.23. The molecule has 0 radical (unpaired) electrons. The number of para-hydroxylation sites is 1. The second-order valence-corrected chi connectivity index (χ2v) is 7.06. The van der Waals surface area contributed by atoms with Crippen molar-refractivity contribution in [2.75, 3.05) is 18.9 Å². The third-order valence-electron chi connectivity index (χ3n) is 4.88. The van der Waals surface area contributed by atoms with Gasteiger partial charge in [0.05, 0.1) is 0 Å². The van der Waals surface area contributed by atoms with Gasteiger partial charge in [-0.2, -0.15) is 0 Å². The highest BCUT2D eigenvalue weighted by atomic mass is 16.5. The van der Waals surface area contributed by atoms with Gasteiger partial charge in [0.2, 0.25) is 11.8 Å². The highest BCUT2D eigenvalue weighted by Crippen LogP contribution is 2.48. The average Bonchev–Trinajstić information content (AvgIpc) is 3.50. The van der Waals surface area contributed by atoms with Crippen LogP contribution in [-0.2, 0) is 9.59 Å². The van der Waals surface area contributed by atoms with E-state index >= 15 is 0 Å². The van der Waals surface area contributed by atoms with Crippen molar-refractivity contribution >= 4 is 17.5 Å². The lowest BCUT2D eigenvalue weighted by molar-refractivity contribution is -0.141.